The summed E-state index contributed by atoms with van der Waals surface area (Å²) < 4.78 is 0. The Morgan fingerprint density at radius 2 is 1.64 bits per heavy atom. The number of rotatable bonds is 4. The van der Waals surface area contributed by atoms with E-state index in [0.29, 0.717) is 0 Å². The summed E-state index contributed by atoms with van der Waals surface area (Å²) in [6.45, 7) is 5.37. The first-order valence-electron chi connectivity index (χ1n) is 3.82. The molecule has 0 radical (unpaired) electrons. The van der Waals surface area contributed by atoms with Gasteiger partial charge in [-0.3, -0.25) is 5.43 Å². The Kier molecular flexibility index (Phi) is 4.60. The summed E-state index contributed by atoms with van der Waals surface area (Å²) in [5.41, 5.74) is 2.72. The summed E-state index contributed by atoms with van der Waals surface area (Å²) in [5, 5.41) is 20.0. The molecule has 0 spiro atoms. The van der Waals surface area contributed by atoms with Crippen LogP contribution in [0.25, 0.3) is 0 Å². The van der Waals surface area contributed by atoms with E-state index in [1.54, 1.807) is 14.0 Å². The van der Waals surface area contributed by atoms with Gasteiger partial charge in [0, 0.05) is 0 Å². The van der Waals surface area contributed by atoms with Crippen molar-refractivity contribution >= 4 is 0 Å². The van der Waals surface area contributed by atoms with E-state index in [0.717, 1.165) is 0 Å². The van der Waals surface area contributed by atoms with E-state index in [-0.39, 0.29) is 5.92 Å². The molecule has 0 saturated heterocycles. The molecule has 3 N–H and O–H groups in total. The quantitative estimate of drug-likeness (QED) is 0.393. The molecule has 0 aliphatic carbocycles. The van der Waals surface area contributed by atoms with Crippen LogP contribution in [0.5, 0.6) is 0 Å². The van der Waals surface area contributed by atoms with Crippen LogP contribution >= 0.6 is 0 Å². The molecule has 0 aliphatic rings. The SMILES string of the molecule is CNN(C(C)O)C(O)C(C)C. The van der Waals surface area contributed by atoms with E-state index in [1.807, 2.05) is 13.8 Å². The van der Waals surface area contributed by atoms with Gasteiger partial charge in [0.05, 0.1) is 0 Å². The fraction of sp³-hybridized carbons (Fsp3) is 1.00. The van der Waals surface area contributed by atoms with Gasteiger partial charge in [0.1, 0.15) is 12.5 Å². The summed E-state index contributed by atoms with van der Waals surface area (Å²) in [7, 11) is 1.66. The zero-order chi connectivity index (χ0) is 9.02. The van der Waals surface area contributed by atoms with E-state index in [1.165, 1.54) is 5.01 Å². The molecule has 2 unspecified atom stereocenters. The van der Waals surface area contributed by atoms with Gasteiger partial charge in [0.2, 0.25) is 0 Å². The second-order valence-electron chi connectivity index (χ2n) is 2.92. The van der Waals surface area contributed by atoms with Crippen molar-refractivity contribution in [3.63, 3.8) is 0 Å². The lowest BCUT2D eigenvalue weighted by molar-refractivity contribution is -0.138. The smallest absolute Gasteiger partial charge is 0.124 e. The normalized spacial score (nSPS) is 17.5. The van der Waals surface area contributed by atoms with Crippen LogP contribution in [0.1, 0.15) is 20.8 Å². The summed E-state index contributed by atoms with van der Waals surface area (Å²) in [6.07, 6.45) is -1.34. The van der Waals surface area contributed by atoms with Crippen molar-refractivity contribution < 1.29 is 10.2 Å². The Balaban J connectivity index is 4.02. The van der Waals surface area contributed by atoms with Crippen LogP contribution in [-0.4, -0.2) is 34.7 Å². The summed E-state index contributed by atoms with van der Waals surface area (Å²) in [4.78, 5) is 0. The van der Waals surface area contributed by atoms with Crippen LogP contribution in [0.3, 0.4) is 0 Å². The fourth-order valence-corrected chi connectivity index (χ4v) is 0.861. The van der Waals surface area contributed by atoms with Crippen molar-refractivity contribution in [1.29, 1.82) is 0 Å². The molecule has 2 atom stereocenters. The molecule has 4 heteroatoms. The topological polar surface area (TPSA) is 55.7 Å². The van der Waals surface area contributed by atoms with Crippen molar-refractivity contribution in [3.8, 4) is 0 Å². The first-order valence-corrected chi connectivity index (χ1v) is 3.82. The van der Waals surface area contributed by atoms with Gasteiger partial charge in [-0.15, -0.1) is 0 Å². The van der Waals surface area contributed by atoms with E-state index in [9.17, 15) is 5.11 Å². The van der Waals surface area contributed by atoms with E-state index in [2.05, 4.69) is 5.43 Å². The van der Waals surface area contributed by atoms with Gasteiger partial charge in [0.25, 0.3) is 0 Å². The third-order valence-electron chi connectivity index (χ3n) is 1.54. The molecular formula is C7H18N2O2. The Hall–Kier alpha value is -0.160. The standard InChI is InChI=1S/C7H18N2O2/c1-5(2)7(11)9(8-4)6(3)10/h5-8,10-11H,1-4H3. The molecule has 0 bridgehead atoms. The molecule has 0 aromatic carbocycles. The first-order chi connectivity index (χ1) is 5.00. The molecule has 0 heterocycles. The number of aliphatic hydroxyl groups excluding tert-OH is 2. The highest BCUT2D eigenvalue weighted by Gasteiger charge is 2.20. The Labute approximate surface area is 67.8 Å². The Morgan fingerprint density at radius 1 is 1.18 bits per heavy atom. The average Bonchev–Trinajstić information content (AvgIpc) is 1.88. The number of nitrogens with zero attached hydrogens (tertiary/aromatic N) is 1. The van der Waals surface area contributed by atoms with Crippen molar-refractivity contribution in [2.75, 3.05) is 7.05 Å². The second kappa shape index (κ2) is 4.66. The maximum Gasteiger partial charge on any atom is 0.124 e. The van der Waals surface area contributed by atoms with Gasteiger partial charge in [-0.25, -0.2) is 0 Å². The minimum absolute atomic E-state index is 0.0945. The van der Waals surface area contributed by atoms with E-state index < -0.39 is 12.5 Å². The molecule has 68 valence electrons. The number of hydrogen-bond acceptors (Lipinski definition) is 4. The van der Waals surface area contributed by atoms with Crippen LogP contribution < -0.4 is 5.43 Å². The van der Waals surface area contributed by atoms with Gasteiger partial charge < -0.3 is 10.2 Å². The molecule has 11 heavy (non-hydrogen) atoms. The first kappa shape index (κ1) is 10.8. The second-order valence-corrected chi connectivity index (χ2v) is 2.92. The van der Waals surface area contributed by atoms with Gasteiger partial charge >= 0.3 is 0 Å². The van der Waals surface area contributed by atoms with Crippen LogP contribution in [0.15, 0.2) is 0 Å². The molecule has 0 aromatic rings. The van der Waals surface area contributed by atoms with Crippen LogP contribution in [0, 0.1) is 5.92 Å². The zero-order valence-electron chi connectivity index (χ0n) is 7.57. The fourth-order valence-electron chi connectivity index (χ4n) is 0.861. The maximum absolute atomic E-state index is 9.46. The minimum atomic E-state index is -0.683. The highest BCUT2D eigenvalue weighted by atomic mass is 16.3. The Morgan fingerprint density at radius 3 is 1.73 bits per heavy atom. The summed E-state index contributed by atoms with van der Waals surface area (Å²) in [5.74, 6) is 0.0945. The van der Waals surface area contributed by atoms with E-state index >= 15 is 0 Å². The lowest BCUT2D eigenvalue weighted by Crippen LogP contribution is -2.51. The molecule has 0 aromatic heterocycles. The summed E-state index contributed by atoms with van der Waals surface area (Å²) >= 11 is 0. The predicted octanol–water partition coefficient (Wildman–Crippen LogP) is -0.265. The highest BCUT2D eigenvalue weighted by molar-refractivity contribution is 4.60. The van der Waals surface area contributed by atoms with E-state index in [4.69, 9.17) is 5.11 Å². The minimum Gasteiger partial charge on any atom is -0.377 e. The van der Waals surface area contributed by atoms with Crippen molar-refractivity contribution in [2.24, 2.45) is 5.92 Å². The van der Waals surface area contributed by atoms with Crippen molar-refractivity contribution in [3.05, 3.63) is 0 Å². The van der Waals surface area contributed by atoms with Crippen LogP contribution in [0.4, 0.5) is 0 Å². The number of aliphatic hydroxyl groups is 2. The largest absolute Gasteiger partial charge is 0.377 e. The van der Waals surface area contributed by atoms with Gasteiger partial charge in [-0.1, -0.05) is 13.8 Å². The van der Waals surface area contributed by atoms with Gasteiger partial charge in [-0.2, -0.15) is 5.01 Å². The molecule has 0 saturated carbocycles. The number of nitrogens with one attached hydrogen (secondary N) is 1. The van der Waals surface area contributed by atoms with Crippen molar-refractivity contribution in [1.82, 2.24) is 10.4 Å². The summed E-state index contributed by atoms with van der Waals surface area (Å²) in [6, 6.07) is 0. The molecule has 0 rings (SSSR count). The molecule has 0 aliphatic heterocycles. The maximum atomic E-state index is 9.46. The number of hydrazine groups is 1. The lowest BCUT2D eigenvalue weighted by atomic mass is 10.2. The molecule has 0 amide bonds. The molecular weight excluding hydrogens is 144 g/mol. The zero-order valence-corrected chi connectivity index (χ0v) is 7.57. The van der Waals surface area contributed by atoms with Crippen LogP contribution in [0.2, 0.25) is 0 Å². The molecule has 0 fully saturated rings. The predicted molar refractivity (Wildman–Crippen MR) is 43.4 cm³/mol. The van der Waals surface area contributed by atoms with Gasteiger partial charge in [0.15, 0.2) is 0 Å². The van der Waals surface area contributed by atoms with Gasteiger partial charge in [-0.05, 0) is 19.9 Å². The Bertz CT molecular complexity index is 107. The number of hydrogen-bond donors (Lipinski definition) is 3. The highest BCUT2D eigenvalue weighted by Crippen LogP contribution is 2.06. The average molecular weight is 162 g/mol. The third-order valence-corrected chi connectivity index (χ3v) is 1.54. The van der Waals surface area contributed by atoms with Crippen molar-refractivity contribution in [2.45, 2.75) is 33.2 Å². The molecule has 4 nitrogen and oxygen atoms in total. The van der Waals surface area contributed by atoms with Crippen LogP contribution in [-0.2, 0) is 0 Å². The third kappa shape index (κ3) is 3.16. The lowest BCUT2D eigenvalue weighted by Gasteiger charge is -2.31. The monoisotopic (exact) mass is 162 g/mol.